The second kappa shape index (κ2) is 17.4. The smallest absolute Gasteiger partial charge is 0.255 e. The molecule has 0 aromatic heterocycles. The Balaban J connectivity index is 0.000000152. The van der Waals surface area contributed by atoms with E-state index in [1.165, 1.54) is 43.9 Å². The van der Waals surface area contributed by atoms with Crippen molar-refractivity contribution >= 4 is 66.8 Å². The molecule has 11 rings (SSSR count). The molecule has 2 heterocycles. The summed E-state index contributed by atoms with van der Waals surface area (Å²) in [5.74, 6) is 0.380. The summed E-state index contributed by atoms with van der Waals surface area (Å²) < 4.78 is 0. The van der Waals surface area contributed by atoms with E-state index in [-0.39, 0.29) is 17.7 Å². The van der Waals surface area contributed by atoms with Gasteiger partial charge in [-0.1, -0.05) is 152 Å². The Bertz CT molecular complexity index is 3000. The van der Waals surface area contributed by atoms with Crippen molar-refractivity contribution in [2.75, 3.05) is 55.6 Å². The molecule has 9 aromatic carbocycles. The fourth-order valence-electron chi connectivity index (χ4n) is 9.70. The van der Waals surface area contributed by atoms with E-state index in [2.05, 4.69) is 143 Å². The van der Waals surface area contributed by atoms with E-state index in [4.69, 9.17) is 0 Å². The van der Waals surface area contributed by atoms with Crippen LogP contribution in [0.2, 0.25) is 0 Å². The van der Waals surface area contributed by atoms with Crippen LogP contribution in [0.3, 0.4) is 0 Å². The van der Waals surface area contributed by atoms with Gasteiger partial charge in [-0.05, 0) is 84.5 Å². The van der Waals surface area contributed by atoms with Gasteiger partial charge in [-0.25, -0.2) is 0 Å². The van der Waals surface area contributed by atoms with Crippen LogP contribution >= 0.6 is 0 Å². The fourth-order valence-corrected chi connectivity index (χ4v) is 9.70. The van der Waals surface area contributed by atoms with Crippen molar-refractivity contribution < 1.29 is 14.7 Å². The summed E-state index contributed by atoms with van der Waals surface area (Å²) in [6.45, 7) is 5.04. The van der Waals surface area contributed by atoms with Crippen LogP contribution in [0, 0.1) is 0 Å². The molecule has 2 amide bonds. The van der Waals surface area contributed by atoms with Gasteiger partial charge in [-0.2, -0.15) is 0 Å². The Kier molecular flexibility index (Phi) is 10.9. The number of hydrogen-bond acceptors (Lipinski definition) is 5. The number of piperazine rings is 2. The number of phenols is 1. The summed E-state index contributed by atoms with van der Waals surface area (Å²) in [4.78, 5) is 34.1. The van der Waals surface area contributed by atoms with Gasteiger partial charge in [0.05, 0.1) is 11.6 Å². The van der Waals surface area contributed by atoms with Crippen LogP contribution in [0.4, 0.5) is 11.4 Å². The van der Waals surface area contributed by atoms with Crippen molar-refractivity contribution in [2.24, 2.45) is 0 Å². The molecule has 7 nitrogen and oxygen atoms in total. The number of aromatic hydroxyl groups is 1. The number of benzene rings is 9. The lowest BCUT2D eigenvalue weighted by atomic mass is 9.90. The molecule has 63 heavy (non-hydrogen) atoms. The van der Waals surface area contributed by atoms with Crippen molar-refractivity contribution in [3.63, 3.8) is 0 Å². The minimum Gasteiger partial charge on any atom is -0.508 e. The molecule has 2 fully saturated rings. The Morgan fingerprint density at radius 1 is 0.524 bits per heavy atom. The molecule has 7 heteroatoms. The van der Waals surface area contributed by atoms with Gasteiger partial charge in [-0.3, -0.25) is 9.59 Å². The maximum absolute atomic E-state index is 13.9. The van der Waals surface area contributed by atoms with Crippen LogP contribution in [0.15, 0.2) is 188 Å². The fraction of sp³-hybridized carbons (Fsp3) is 0.143. The maximum atomic E-state index is 13.9. The highest BCUT2D eigenvalue weighted by Gasteiger charge is 2.31. The van der Waals surface area contributed by atoms with Crippen molar-refractivity contribution in [1.82, 2.24) is 9.80 Å². The highest BCUT2D eigenvalue weighted by atomic mass is 16.3. The molecule has 1 N–H and O–H groups in total. The molecule has 2 aliphatic rings. The normalized spacial score (nSPS) is 15.4. The summed E-state index contributed by atoms with van der Waals surface area (Å²) in [6.07, 6.45) is 0.945. The molecule has 0 saturated carbocycles. The molecule has 310 valence electrons. The number of anilines is 2. The number of fused-ring (bicyclic) bond motifs is 4. The lowest BCUT2D eigenvalue weighted by Crippen LogP contribution is -2.49. The van der Waals surface area contributed by atoms with Crippen molar-refractivity contribution in [3.8, 4) is 16.9 Å². The Hall–Kier alpha value is -7.64. The SMILES string of the molecule is O=C(c1c2ccccc2cc2ccccc12)N1CCN(c2ccccc2-c2ccccc2)CC1.O=CN1CCN(c2cccc(O)c2)C(c2c3ccccc3cc3ccccc23)C1. The third-order valence-corrected chi connectivity index (χ3v) is 12.7. The Labute approximate surface area is 367 Å². The van der Waals surface area contributed by atoms with Crippen LogP contribution < -0.4 is 9.80 Å². The van der Waals surface area contributed by atoms with Gasteiger partial charge in [0.25, 0.3) is 5.91 Å². The molecule has 1 unspecified atom stereocenters. The third kappa shape index (κ3) is 7.78. The van der Waals surface area contributed by atoms with Crippen molar-refractivity contribution in [1.29, 1.82) is 0 Å². The molecule has 2 aliphatic heterocycles. The first-order valence-corrected chi connectivity index (χ1v) is 21.8. The summed E-state index contributed by atoms with van der Waals surface area (Å²) in [5, 5.41) is 19.1. The molecule has 9 aromatic rings. The second-order valence-corrected chi connectivity index (χ2v) is 16.4. The number of hydrogen-bond donors (Lipinski definition) is 1. The number of phenolic OH excluding ortho intramolecular Hbond substituents is 1. The first-order chi connectivity index (χ1) is 31.0. The maximum Gasteiger partial charge on any atom is 0.255 e. The molecule has 0 radical (unpaired) electrons. The first-order valence-electron chi connectivity index (χ1n) is 21.8. The van der Waals surface area contributed by atoms with Crippen LogP contribution in [0.1, 0.15) is 22.0 Å². The van der Waals surface area contributed by atoms with Gasteiger partial charge in [0.15, 0.2) is 0 Å². The molecular weight excluding hydrogens is 777 g/mol. The van der Waals surface area contributed by atoms with Gasteiger partial charge in [0.1, 0.15) is 5.75 Å². The zero-order valence-corrected chi connectivity index (χ0v) is 35.1. The van der Waals surface area contributed by atoms with Crippen LogP contribution in [0.5, 0.6) is 5.75 Å². The van der Waals surface area contributed by atoms with Crippen LogP contribution in [-0.4, -0.2) is 73.0 Å². The molecule has 0 aliphatic carbocycles. The molecule has 0 bridgehead atoms. The van der Waals surface area contributed by atoms with E-state index in [1.807, 2.05) is 52.3 Å². The second-order valence-electron chi connectivity index (χ2n) is 16.4. The van der Waals surface area contributed by atoms with Crippen molar-refractivity contribution in [3.05, 3.63) is 199 Å². The van der Waals surface area contributed by atoms with Crippen LogP contribution in [0.25, 0.3) is 54.2 Å². The average Bonchev–Trinajstić information content (AvgIpc) is 3.35. The third-order valence-electron chi connectivity index (χ3n) is 12.7. The standard InChI is InChI=1S/C31H26N2O.C25H22N2O2/c34-31(30-27-15-6-4-12-24(27)22-25-13-5-7-16-28(25)30)33-20-18-32(19-21-33)29-17-9-8-14-26(29)23-10-2-1-3-11-23;28-17-26-12-13-27(20-8-5-9-21(29)15-20)24(16-26)25-22-10-3-1-6-18(22)14-19-7-2-4-11-23(19)25/h1-17,22H,18-21H2;1-11,14-15,17,24,29H,12-13,16H2. The molecular formula is C56H48N4O3. The van der Waals surface area contributed by atoms with E-state index in [0.29, 0.717) is 32.7 Å². The summed E-state index contributed by atoms with van der Waals surface area (Å²) >= 11 is 0. The predicted octanol–water partition coefficient (Wildman–Crippen LogP) is 11.3. The van der Waals surface area contributed by atoms with E-state index in [9.17, 15) is 14.7 Å². The van der Waals surface area contributed by atoms with E-state index >= 15 is 0 Å². The number of carbonyl (C=O) groups excluding carboxylic acids is 2. The molecule has 2 saturated heterocycles. The molecule has 1 atom stereocenters. The minimum absolute atomic E-state index is 0.00764. The van der Waals surface area contributed by atoms with Gasteiger partial charge in [-0.15, -0.1) is 0 Å². The summed E-state index contributed by atoms with van der Waals surface area (Å²) in [5.41, 5.74) is 6.72. The number of rotatable bonds is 6. The Morgan fingerprint density at radius 2 is 1.06 bits per heavy atom. The largest absolute Gasteiger partial charge is 0.508 e. The zero-order valence-electron chi connectivity index (χ0n) is 35.1. The first kappa shape index (κ1) is 39.5. The lowest BCUT2D eigenvalue weighted by Gasteiger charge is -2.42. The highest BCUT2D eigenvalue weighted by Crippen LogP contribution is 2.40. The number of para-hydroxylation sites is 1. The molecule has 0 spiro atoms. The van der Waals surface area contributed by atoms with Crippen LogP contribution in [-0.2, 0) is 4.79 Å². The van der Waals surface area contributed by atoms with Crippen molar-refractivity contribution in [2.45, 2.75) is 6.04 Å². The number of carbonyl (C=O) groups is 2. The number of nitrogens with zero attached hydrogens (tertiary/aromatic N) is 4. The van der Waals surface area contributed by atoms with E-state index < -0.39 is 0 Å². The monoisotopic (exact) mass is 824 g/mol. The minimum atomic E-state index is -0.00764. The van der Waals surface area contributed by atoms with E-state index in [0.717, 1.165) is 52.3 Å². The number of amides is 2. The van der Waals surface area contributed by atoms with Gasteiger partial charge >= 0.3 is 0 Å². The van der Waals surface area contributed by atoms with Gasteiger partial charge in [0, 0.05) is 68.8 Å². The summed E-state index contributed by atoms with van der Waals surface area (Å²) in [7, 11) is 0. The topological polar surface area (TPSA) is 67.3 Å². The van der Waals surface area contributed by atoms with E-state index in [1.54, 1.807) is 12.1 Å². The predicted molar refractivity (Wildman–Crippen MR) is 259 cm³/mol. The Morgan fingerprint density at radius 3 is 1.67 bits per heavy atom. The lowest BCUT2D eigenvalue weighted by molar-refractivity contribution is -0.118. The highest BCUT2D eigenvalue weighted by molar-refractivity contribution is 6.18. The average molecular weight is 825 g/mol. The quantitative estimate of drug-likeness (QED) is 0.134. The van der Waals surface area contributed by atoms with Gasteiger partial charge < -0.3 is 24.7 Å². The zero-order chi connectivity index (χ0) is 42.7. The summed E-state index contributed by atoms with van der Waals surface area (Å²) in [6, 6.07) is 64.2. The van der Waals surface area contributed by atoms with Gasteiger partial charge in [0.2, 0.25) is 6.41 Å².